The summed E-state index contributed by atoms with van der Waals surface area (Å²) in [7, 11) is -4.04. The highest BCUT2D eigenvalue weighted by molar-refractivity contribution is 7.89. The van der Waals surface area contributed by atoms with Crippen LogP contribution in [-0.2, 0) is 10.0 Å². The molecule has 0 N–H and O–H groups in total. The Bertz CT molecular complexity index is 561. The Balaban J connectivity index is 2.40. The van der Waals surface area contributed by atoms with Crippen molar-refractivity contribution in [2.45, 2.75) is 30.2 Å². The normalized spacial score (nSPS) is 16.6. The predicted octanol–water partition coefficient (Wildman–Crippen LogP) is 2.75. The van der Waals surface area contributed by atoms with Crippen molar-refractivity contribution in [3.63, 3.8) is 0 Å². The van der Waals surface area contributed by atoms with Crippen LogP contribution in [0.15, 0.2) is 23.1 Å². The standard InChI is InChI=1S/C12H14ClF2NO2S/c13-6-7-16(10-2-1-3-10)19(17,18)12-8-9(14)4-5-11(12)15/h4-5,8,10H,1-3,6-7H2. The fraction of sp³-hybridized carbons (Fsp3) is 0.500. The molecule has 0 radical (unpaired) electrons. The monoisotopic (exact) mass is 309 g/mol. The van der Waals surface area contributed by atoms with Crippen molar-refractivity contribution in [3.8, 4) is 0 Å². The maximum Gasteiger partial charge on any atom is 0.246 e. The van der Waals surface area contributed by atoms with E-state index in [1.807, 2.05) is 0 Å². The molecule has 0 heterocycles. The summed E-state index contributed by atoms with van der Waals surface area (Å²) in [5, 5.41) is 0. The molecule has 1 aliphatic rings. The molecule has 1 aliphatic carbocycles. The van der Waals surface area contributed by atoms with Crippen molar-refractivity contribution in [1.82, 2.24) is 4.31 Å². The molecular weight excluding hydrogens is 296 g/mol. The van der Waals surface area contributed by atoms with Crippen LogP contribution in [0.1, 0.15) is 19.3 Å². The summed E-state index contributed by atoms with van der Waals surface area (Å²) in [5.41, 5.74) is 0. The van der Waals surface area contributed by atoms with Crippen LogP contribution in [0.4, 0.5) is 8.78 Å². The highest BCUT2D eigenvalue weighted by atomic mass is 35.5. The lowest BCUT2D eigenvalue weighted by Gasteiger charge is -2.36. The Morgan fingerprint density at radius 3 is 2.53 bits per heavy atom. The van der Waals surface area contributed by atoms with Crippen LogP contribution in [0.25, 0.3) is 0 Å². The van der Waals surface area contributed by atoms with Crippen molar-refractivity contribution in [2.24, 2.45) is 0 Å². The van der Waals surface area contributed by atoms with Crippen molar-refractivity contribution >= 4 is 21.6 Å². The molecule has 1 aromatic carbocycles. The lowest BCUT2D eigenvalue weighted by Crippen LogP contribution is -2.45. The molecule has 2 rings (SSSR count). The van der Waals surface area contributed by atoms with E-state index in [1.54, 1.807) is 0 Å². The lowest BCUT2D eigenvalue weighted by molar-refractivity contribution is 0.227. The van der Waals surface area contributed by atoms with Gasteiger partial charge in [0.15, 0.2) is 0 Å². The second kappa shape index (κ2) is 5.73. The van der Waals surface area contributed by atoms with Crippen molar-refractivity contribution in [2.75, 3.05) is 12.4 Å². The fourth-order valence-corrected chi connectivity index (χ4v) is 4.10. The molecule has 106 valence electrons. The number of hydrogen-bond donors (Lipinski definition) is 0. The maximum atomic E-state index is 13.6. The average Bonchev–Trinajstić information content (AvgIpc) is 2.29. The summed E-state index contributed by atoms with van der Waals surface area (Å²) in [6.45, 7) is 0.102. The smallest absolute Gasteiger partial charge is 0.207 e. The number of nitrogens with zero attached hydrogens (tertiary/aromatic N) is 1. The highest BCUT2D eigenvalue weighted by Crippen LogP contribution is 2.30. The first-order chi connectivity index (χ1) is 8.96. The van der Waals surface area contributed by atoms with E-state index >= 15 is 0 Å². The molecule has 0 aromatic heterocycles. The molecule has 0 saturated heterocycles. The SMILES string of the molecule is O=S(=O)(c1cc(F)ccc1F)N(CCCl)C1CCC1. The van der Waals surface area contributed by atoms with Gasteiger partial charge in [-0.3, -0.25) is 0 Å². The van der Waals surface area contributed by atoms with E-state index in [1.165, 1.54) is 4.31 Å². The molecule has 0 bridgehead atoms. The number of alkyl halides is 1. The quantitative estimate of drug-likeness (QED) is 0.784. The van der Waals surface area contributed by atoms with Crippen LogP contribution in [0, 0.1) is 11.6 Å². The van der Waals surface area contributed by atoms with Crippen LogP contribution in [0.5, 0.6) is 0 Å². The largest absolute Gasteiger partial charge is 0.246 e. The Morgan fingerprint density at radius 1 is 1.32 bits per heavy atom. The van der Waals surface area contributed by atoms with Crippen molar-refractivity contribution < 1.29 is 17.2 Å². The van der Waals surface area contributed by atoms with Crippen LogP contribution < -0.4 is 0 Å². The maximum absolute atomic E-state index is 13.6. The zero-order valence-corrected chi connectivity index (χ0v) is 11.7. The van der Waals surface area contributed by atoms with Crippen molar-refractivity contribution in [3.05, 3.63) is 29.8 Å². The van der Waals surface area contributed by atoms with Gasteiger partial charge in [-0.15, -0.1) is 11.6 Å². The molecule has 0 atom stereocenters. The summed E-state index contributed by atoms with van der Waals surface area (Å²) in [5.74, 6) is -1.60. The molecule has 0 aliphatic heterocycles. The lowest BCUT2D eigenvalue weighted by atomic mass is 9.93. The van der Waals surface area contributed by atoms with Crippen LogP contribution in [0.3, 0.4) is 0 Å². The number of hydrogen-bond acceptors (Lipinski definition) is 2. The van der Waals surface area contributed by atoms with E-state index in [0.717, 1.165) is 31.4 Å². The van der Waals surface area contributed by atoms with E-state index in [2.05, 4.69) is 0 Å². The topological polar surface area (TPSA) is 37.4 Å². The first-order valence-electron chi connectivity index (χ1n) is 5.99. The predicted molar refractivity (Wildman–Crippen MR) is 68.6 cm³/mol. The van der Waals surface area contributed by atoms with E-state index in [9.17, 15) is 17.2 Å². The highest BCUT2D eigenvalue weighted by Gasteiger charge is 2.36. The Hall–Kier alpha value is -0.720. The van der Waals surface area contributed by atoms with Gasteiger partial charge in [-0.25, -0.2) is 17.2 Å². The minimum Gasteiger partial charge on any atom is -0.207 e. The Labute approximate surface area is 116 Å². The van der Waals surface area contributed by atoms with Crippen LogP contribution in [-0.4, -0.2) is 31.2 Å². The molecule has 1 saturated carbocycles. The summed E-state index contributed by atoms with van der Waals surface area (Å²) >= 11 is 5.61. The molecule has 7 heteroatoms. The number of benzene rings is 1. The molecule has 0 unspecified atom stereocenters. The zero-order valence-electron chi connectivity index (χ0n) is 10.2. The molecule has 19 heavy (non-hydrogen) atoms. The minimum atomic E-state index is -4.04. The van der Waals surface area contributed by atoms with Gasteiger partial charge in [-0.2, -0.15) is 4.31 Å². The van der Waals surface area contributed by atoms with Gasteiger partial charge in [0.1, 0.15) is 16.5 Å². The van der Waals surface area contributed by atoms with E-state index in [0.29, 0.717) is 6.07 Å². The van der Waals surface area contributed by atoms with Gasteiger partial charge >= 0.3 is 0 Å². The first-order valence-corrected chi connectivity index (χ1v) is 7.97. The molecular formula is C12H14ClF2NO2S. The zero-order chi connectivity index (χ0) is 14.0. The average molecular weight is 310 g/mol. The van der Waals surface area contributed by atoms with Gasteiger partial charge in [-0.05, 0) is 31.0 Å². The third-order valence-electron chi connectivity index (χ3n) is 3.27. The molecule has 1 fully saturated rings. The fourth-order valence-electron chi connectivity index (χ4n) is 2.06. The Kier molecular flexibility index (Phi) is 4.43. The summed E-state index contributed by atoms with van der Waals surface area (Å²) in [6, 6.07) is 2.27. The first kappa shape index (κ1) is 14.7. The van der Waals surface area contributed by atoms with Gasteiger partial charge in [0.25, 0.3) is 0 Å². The van der Waals surface area contributed by atoms with Crippen LogP contribution in [0.2, 0.25) is 0 Å². The molecule has 0 spiro atoms. The van der Waals surface area contributed by atoms with Gasteiger partial charge < -0.3 is 0 Å². The summed E-state index contributed by atoms with van der Waals surface area (Å²) < 4.78 is 52.8. The summed E-state index contributed by atoms with van der Waals surface area (Å²) in [4.78, 5) is -0.621. The second-order valence-electron chi connectivity index (χ2n) is 4.46. The number of halogens is 3. The van der Waals surface area contributed by atoms with Crippen molar-refractivity contribution in [1.29, 1.82) is 0 Å². The van der Waals surface area contributed by atoms with Gasteiger partial charge in [0.2, 0.25) is 10.0 Å². The second-order valence-corrected chi connectivity index (χ2v) is 6.70. The van der Waals surface area contributed by atoms with Gasteiger partial charge in [0.05, 0.1) is 0 Å². The third-order valence-corrected chi connectivity index (χ3v) is 5.40. The molecule has 1 aromatic rings. The van der Waals surface area contributed by atoms with Gasteiger partial charge in [0, 0.05) is 18.5 Å². The van der Waals surface area contributed by atoms with Crippen LogP contribution >= 0.6 is 11.6 Å². The van der Waals surface area contributed by atoms with E-state index in [-0.39, 0.29) is 18.5 Å². The molecule has 0 amide bonds. The Morgan fingerprint density at radius 2 is 2.00 bits per heavy atom. The number of sulfonamides is 1. The van der Waals surface area contributed by atoms with E-state index < -0.39 is 26.6 Å². The molecule has 3 nitrogen and oxygen atoms in total. The summed E-state index contributed by atoms with van der Waals surface area (Å²) in [6.07, 6.45) is 2.39. The van der Waals surface area contributed by atoms with E-state index in [4.69, 9.17) is 11.6 Å². The third kappa shape index (κ3) is 2.90. The number of rotatable bonds is 5. The minimum absolute atomic E-state index is 0.102. The van der Waals surface area contributed by atoms with Gasteiger partial charge in [-0.1, -0.05) is 6.42 Å².